The first kappa shape index (κ1) is 23.3. The third-order valence-corrected chi connectivity index (χ3v) is 7.55. The van der Waals surface area contributed by atoms with Crippen molar-refractivity contribution >= 4 is 39.8 Å². The average molecular weight is 490 g/mol. The molecule has 0 bridgehead atoms. The summed E-state index contributed by atoms with van der Waals surface area (Å²) in [6.07, 6.45) is 1.46. The van der Waals surface area contributed by atoms with Crippen LogP contribution in [0.2, 0.25) is 5.02 Å². The molecule has 6 nitrogen and oxygen atoms in total. The molecule has 1 aliphatic rings. The van der Waals surface area contributed by atoms with E-state index in [0.717, 1.165) is 17.5 Å². The number of pyridine rings is 1. The second-order valence-electron chi connectivity index (χ2n) is 7.96. The Morgan fingerprint density at radius 2 is 1.94 bits per heavy atom. The van der Waals surface area contributed by atoms with Crippen LogP contribution in [0, 0.1) is 5.82 Å². The summed E-state index contributed by atoms with van der Waals surface area (Å²) in [7, 11) is 1.52. The van der Waals surface area contributed by atoms with Crippen molar-refractivity contribution in [2.24, 2.45) is 7.05 Å². The summed E-state index contributed by atoms with van der Waals surface area (Å²) in [6, 6.07) is 13.7. The number of halogens is 2. The van der Waals surface area contributed by atoms with Gasteiger partial charge in [-0.3, -0.25) is 14.1 Å². The van der Waals surface area contributed by atoms with E-state index >= 15 is 0 Å². The summed E-state index contributed by atoms with van der Waals surface area (Å²) in [5.41, 5.74) is 2.12. The van der Waals surface area contributed by atoms with Gasteiger partial charge in [0.1, 0.15) is 28.3 Å². The van der Waals surface area contributed by atoms with Crippen molar-refractivity contribution in [1.82, 2.24) is 4.57 Å². The summed E-state index contributed by atoms with van der Waals surface area (Å²) in [5.74, 6) is 0.189. The third-order valence-electron chi connectivity index (χ3n) is 5.83. The molecule has 0 aliphatic heterocycles. The standard InChI is InChI=1S/C24H25ClFN3O3S/c1-4-14-5-10-19(18(26)11-14)27-24-23(20(32-3)13-22(30)29(24)2)28-33(31)21-12-17(21)15-6-8-16(25)9-7-15/h5-11,13,17,21,27-28H,4,12H2,1-3H3. The minimum Gasteiger partial charge on any atom is -0.494 e. The van der Waals surface area contributed by atoms with Gasteiger partial charge in [-0.2, -0.15) is 0 Å². The molecule has 1 heterocycles. The molecule has 1 fully saturated rings. The molecule has 1 saturated carbocycles. The number of hydrogen-bond donors (Lipinski definition) is 2. The molecule has 1 aliphatic carbocycles. The van der Waals surface area contributed by atoms with Gasteiger partial charge >= 0.3 is 0 Å². The van der Waals surface area contributed by atoms with E-state index in [1.54, 1.807) is 13.1 Å². The monoisotopic (exact) mass is 489 g/mol. The van der Waals surface area contributed by atoms with Crippen LogP contribution >= 0.6 is 11.6 Å². The molecular formula is C24H25ClFN3O3S. The molecule has 3 unspecified atom stereocenters. The van der Waals surface area contributed by atoms with Crippen LogP contribution in [0.25, 0.3) is 0 Å². The molecule has 0 spiro atoms. The number of nitrogens with zero attached hydrogens (tertiary/aromatic N) is 1. The Morgan fingerprint density at radius 3 is 2.58 bits per heavy atom. The molecule has 0 amide bonds. The highest BCUT2D eigenvalue weighted by Crippen LogP contribution is 2.46. The predicted molar refractivity (Wildman–Crippen MR) is 132 cm³/mol. The van der Waals surface area contributed by atoms with E-state index in [2.05, 4.69) is 10.0 Å². The fraction of sp³-hybridized carbons (Fsp3) is 0.292. The molecule has 9 heteroatoms. The number of rotatable bonds is 8. The minimum atomic E-state index is -1.47. The predicted octanol–water partition coefficient (Wildman–Crippen LogP) is 5.12. The van der Waals surface area contributed by atoms with Crippen LogP contribution in [0.3, 0.4) is 0 Å². The van der Waals surface area contributed by atoms with Crippen LogP contribution in [-0.4, -0.2) is 21.1 Å². The lowest BCUT2D eigenvalue weighted by molar-refractivity contribution is 0.415. The Morgan fingerprint density at radius 1 is 1.21 bits per heavy atom. The lowest BCUT2D eigenvalue weighted by Gasteiger charge is -2.20. The van der Waals surface area contributed by atoms with Crippen molar-refractivity contribution in [3.8, 4) is 5.75 Å². The van der Waals surface area contributed by atoms with Crippen LogP contribution in [-0.2, 0) is 24.5 Å². The van der Waals surface area contributed by atoms with Crippen molar-refractivity contribution in [2.45, 2.75) is 30.9 Å². The molecule has 174 valence electrons. The number of anilines is 3. The van der Waals surface area contributed by atoms with Crippen molar-refractivity contribution in [3.63, 3.8) is 0 Å². The zero-order valence-electron chi connectivity index (χ0n) is 18.5. The van der Waals surface area contributed by atoms with Gasteiger partial charge in [0.25, 0.3) is 5.56 Å². The van der Waals surface area contributed by atoms with Crippen LogP contribution < -0.4 is 20.3 Å². The first-order chi connectivity index (χ1) is 15.8. The van der Waals surface area contributed by atoms with E-state index in [-0.39, 0.29) is 34.0 Å². The van der Waals surface area contributed by atoms with Gasteiger partial charge in [-0.1, -0.05) is 36.7 Å². The second kappa shape index (κ2) is 9.57. The minimum absolute atomic E-state index is 0.110. The molecule has 0 saturated heterocycles. The lowest BCUT2D eigenvalue weighted by Crippen LogP contribution is -2.22. The highest BCUT2D eigenvalue weighted by Gasteiger charge is 2.44. The first-order valence-corrected chi connectivity index (χ1v) is 12.2. The summed E-state index contributed by atoms with van der Waals surface area (Å²) in [6.45, 7) is 1.94. The maximum atomic E-state index is 14.7. The summed E-state index contributed by atoms with van der Waals surface area (Å²) in [4.78, 5) is 12.5. The van der Waals surface area contributed by atoms with Gasteiger partial charge in [-0.15, -0.1) is 0 Å². The Bertz CT molecular complexity index is 1260. The largest absolute Gasteiger partial charge is 0.494 e. The Kier molecular flexibility index (Phi) is 6.76. The summed E-state index contributed by atoms with van der Waals surface area (Å²) < 4.78 is 37.6. The SMILES string of the molecule is CCc1ccc(Nc2c(NS(=O)C3CC3c3ccc(Cl)cc3)c(OC)cc(=O)n2C)c(F)c1. The number of ether oxygens (including phenoxy) is 1. The van der Waals surface area contributed by atoms with E-state index in [1.807, 2.05) is 37.3 Å². The molecule has 0 radical (unpaired) electrons. The van der Waals surface area contributed by atoms with Gasteiger partial charge in [-0.25, -0.2) is 8.60 Å². The highest BCUT2D eigenvalue weighted by molar-refractivity contribution is 7.87. The smallest absolute Gasteiger partial charge is 0.255 e. The number of aryl methyl sites for hydroxylation is 1. The number of methoxy groups -OCH3 is 1. The van der Waals surface area contributed by atoms with Crippen molar-refractivity contribution < 1.29 is 13.3 Å². The van der Waals surface area contributed by atoms with E-state index in [0.29, 0.717) is 17.1 Å². The molecule has 33 heavy (non-hydrogen) atoms. The normalized spacial score (nSPS) is 18.0. The van der Waals surface area contributed by atoms with Crippen LogP contribution in [0.1, 0.15) is 30.4 Å². The molecule has 3 atom stereocenters. The quantitative estimate of drug-likeness (QED) is 0.460. The first-order valence-electron chi connectivity index (χ1n) is 10.6. The number of benzene rings is 2. The van der Waals surface area contributed by atoms with Crippen LogP contribution in [0.4, 0.5) is 21.6 Å². The molecule has 3 aromatic rings. The van der Waals surface area contributed by atoms with E-state index in [9.17, 15) is 13.4 Å². The van der Waals surface area contributed by atoms with E-state index < -0.39 is 16.8 Å². The van der Waals surface area contributed by atoms with Gasteiger partial charge in [0.15, 0.2) is 5.75 Å². The molecular weight excluding hydrogens is 465 g/mol. The fourth-order valence-electron chi connectivity index (χ4n) is 3.73. The zero-order valence-corrected chi connectivity index (χ0v) is 20.1. The van der Waals surface area contributed by atoms with Gasteiger partial charge in [0.2, 0.25) is 0 Å². The third kappa shape index (κ3) is 4.91. The maximum Gasteiger partial charge on any atom is 0.255 e. The Labute approximate surface area is 199 Å². The van der Waals surface area contributed by atoms with Gasteiger partial charge in [-0.05, 0) is 48.2 Å². The van der Waals surface area contributed by atoms with Gasteiger partial charge in [0, 0.05) is 24.1 Å². The van der Waals surface area contributed by atoms with Crippen LogP contribution in [0.5, 0.6) is 5.75 Å². The molecule has 2 N–H and O–H groups in total. The number of nitrogens with one attached hydrogen (secondary N) is 2. The van der Waals surface area contributed by atoms with Crippen LogP contribution in [0.15, 0.2) is 53.3 Å². The van der Waals surface area contributed by atoms with Gasteiger partial charge < -0.3 is 10.1 Å². The molecule has 1 aromatic heterocycles. The molecule has 4 rings (SSSR count). The Balaban J connectivity index is 1.63. The van der Waals surface area contributed by atoms with E-state index in [4.69, 9.17) is 16.3 Å². The fourth-order valence-corrected chi connectivity index (χ4v) is 5.25. The van der Waals surface area contributed by atoms with Crippen molar-refractivity contribution in [2.75, 3.05) is 17.1 Å². The molecule has 2 aromatic carbocycles. The van der Waals surface area contributed by atoms with Gasteiger partial charge in [0.05, 0.1) is 18.0 Å². The Hall–Kier alpha value is -2.84. The number of hydrogen-bond acceptors (Lipinski definition) is 4. The van der Waals surface area contributed by atoms with E-state index in [1.165, 1.54) is 23.8 Å². The number of aromatic nitrogens is 1. The maximum absolute atomic E-state index is 14.7. The highest BCUT2D eigenvalue weighted by atomic mass is 35.5. The zero-order chi connectivity index (χ0) is 23.7. The topological polar surface area (TPSA) is 72.4 Å². The average Bonchev–Trinajstić information content (AvgIpc) is 3.61. The van der Waals surface area contributed by atoms with Crippen molar-refractivity contribution in [3.05, 3.63) is 80.9 Å². The lowest BCUT2D eigenvalue weighted by atomic mass is 10.1. The van der Waals surface area contributed by atoms with Crippen molar-refractivity contribution in [1.29, 1.82) is 0 Å². The summed E-state index contributed by atoms with van der Waals surface area (Å²) >= 11 is 5.97. The summed E-state index contributed by atoms with van der Waals surface area (Å²) in [5, 5.41) is 3.53. The second-order valence-corrected chi connectivity index (χ2v) is 9.80.